The SMILES string of the molecule is Cc1ccc(C(=O)Cn2c(CCCO)nc3ccccc32)s1. The second-order valence-electron chi connectivity index (χ2n) is 5.26. The van der Waals surface area contributed by atoms with Gasteiger partial charge in [0.1, 0.15) is 5.82 Å². The van der Waals surface area contributed by atoms with Crippen molar-refractivity contribution in [2.24, 2.45) is 0 Å². The molecule has 0 bridgehead atoms. The highest BCUT2D eigenvalue weighted by Gasteiger charge is 2.15. The van der Waals surface area contributed by atoms with Crippen molar-refractivity contribution in [3.05, 3.63) is 52.0 Å². The van der Waals surface area contributed by atoms with Crippen LogP contribution in [-0.2, 0) is 13.0 Å². The van der Waals surface area contributed by atoms with Crippen LogP contribution < -0.4 is 0 Å². The Morgan fingerprint density at radius 2 is 2.09 bits per heavy atom. The maximum Gasteiger partial charge on any atom is 0.192 e. The van der Waals surface area contributed by atoms with Crippen molar-refractivity contribution in [1.82, 2.24) is 9.55 Å². The molecule has 0 aliphatic carbocycles. The lowest BCUT2D eigenvalue weighted by molar-refractivity contribution is 0.0976. The molecule has 2 aromatic heterocycles. The van der Waals surface area contributed by atoms with Crippen LogP contribution in [-0.4, -0.2) is 27.0 Å². The molecule has 0 radical (unpaired) electrons. The summed E-state index contributed by atoms with van der Waals surface area (Å²) in [5.74, 6) is 0.961. The minimum Gasteiger partial charge on any atom is -0.396 e. The second-order valence-corrected chi connectivity index (χ2v) is 6.55. The van der Waals surface area contributed by atoms with E-state index >= 15 is 0 Å². The third-order valence-corrected chi connectivity index (χ3v) is 4.65. The zero-order chi connectivity index (χ0) is 15.5. The van der Waals surface area contributed by atoms with Gasteiger partial charge in [0.2, 0.25) is 0 Å². The van der Waals surface area contributed by atoms with Gasteiger partial charge in [-0.2, -0.15) is 0 Å². The molecule has 22 heavy (non-hydrogen) atoms. The molecule has 0 unspecified atom stereocenters. The second kappa shape index (κ2) is 6.42. The minimum absolute atomic E-state index is 0.103. The average Bonchev–Trinajstić information content (AvgIpc) is 3.10. The lowest BCUT2D eigenvalue weighted by Gasteiger charge is -2.07. The van der Waals surface area contributed by atoms with Crippen molar-refractivity contribution in [3.8, 4) is 0 Å². The van der Waals surface area contributed by atoms with Gasteiger partial charge in [0.15, 0.2) is 5.78 Å². The van der Waals surface area contributed by atoms with Crippen molar-refractivity contribution in [2.45, 2.75) is 26.3 Å². The summed E-state index contributed by atoms with van der Waals surface area (Å²) in [7, 11) is 0. The molecule has 0 aliphatic heterocycles. The third kappa shape index (κ3) is 2.96. The van der Waals surface area contributed by atoms with Crippen LogP contribution in [0.4, 0.5) is 0 Å². The summed E-state index contributed by atoms with van der Waals surface area (Å²) in [4.78, 5) is 19.0. The number of aliphatic hydroxyl groups is 1. The number of aromatic nitrogens is 2. The summed E-state index contributed by atoms with van der Waals surface area (Å²) in [5.41, 5.74) is 1.86. The summed E-state index contributed by atoms with van der Waals surface area (Å²) in [6.07, 6.45) is 1.32. The Bertz CT molecular complexity index is 804. The van der Waals surface area contributed by atoms with Crippen LogP contribution in [0.2, 0.25) is 0 Å². The highest BCUT2D eigenvalue weighted by atomic mass is 32.1. The molecular formula is C17H18N2O2S. The molecule has 0 saturated carbocycles. The molecule has 2 heterocycles. The van der Waals surface area contributed by atoms with Crippen molar-refractivity contribution < 1.29 is 9.90 Å². The van der Waals surface area contributed by atoms with E-state index in [1.165, 1.54) is 11.3 Å². The highest BCUT2D eigenvalue weighted by molar-refractivity contribution is 7.14. The number of carbonyl (C=O) groups is 1. The van der Waals surface area contributed by atoms with E-state index in [4.69, 9.17) is 5.11 Å². The largest absolute Gasteiger partial charge is 0.396 e. The van der Waals surface area contributed by atoms with E-state index in [0.717, 1.165) is 26.6 Å². The van der Waals surface area contributed by atoms with Gasteiger partial charge in [-0.3, -0.25) is 4.79 Å². The maximum atomic E-state index is 12.5. The normalized spacial score (nSPS) is 11.2. The van der Waals surface area contributed by atoms with Crippen LogP contribution in [0.3, 0.4) is 0 Å². The lowest BCUT2D eigenvalue weighted by Crippen LogP contribution is -2.12. The zero-order valence-corrected chi connectivity index (χ0v) is 13.3. The van der Waals surface area contributed by atoms with Crippen molar-refractivity contribution in [1.29, 1.82) is 0 Å². The lowest BCUT2D eigenvalue weighted by atomic mass is 10.2. The van der Waals surface area contributed by atoms with Gasteiger partial charge in [0, 0.05) is 17.9 Å². The minimum atomic E-state index is 0.103. The molecule has 3 rings (SSSR count). The highest BCUT2D eigenvalue weighted by Crippen LogP contribution is 2.20. The number of nitrogens with zero attached hydrogens (tertiary/aromatic N) is 2. The summed E-state index contributed by atoms with van der Waals surface area (Å²) < 4.78 is 1.97. The first kappa shape index (κ1) is 14.9. The summed E-state index contributed by atoms with van der Waals surface area (Å²) in [5, 5.41) is 9.05. The number of ketones is 1. The molecule has 3 aromatic rings. The van der Waals surface area contributed by atoms with E-state index in [9.17, 15) is 4.79 Å². The number of imidazole rings is 1. The first-order valence-electron chi connectivity index (χ1n) is 7.33. The van der Waals surface area contributed by atoms with Crippen LogP contribution in [0.25, 0.3) is 11.0 Å². The average molecular weight is 314 g/mol. The Morgan fingerprint density at radius 3 is 2.82 bits per heavy atom. The van der Waals surface area contributed by atoms with Gasteiger partial charge >= 0.3 is 0 Å². The molecule has 0 saturated heterocycles. The van der Waals surface area contributed by atoms with Crippen LogP contribution >= 0.6 is 11.3 Å². The topological polar surface area (TPSA) is 55.1 Å². The number of Topliss-reactive ketones (excluding diaryl/α,β-unsaturated/α-hetero) is 1. The number of thiophene rings is 1. The van der Waals surface area contributed by atoms with Gasteiger partial charge in [-0.1, -0.05) is 12.1 Å². The number of rotatable bonds is 6. The Balaban J connectivity index is 1.95. The van der Waals surface area contributed by atoms with Gasteiger partial charge in [0.05, 0.1) is 22.5 Å². The number of benzene rings is 1. The van der Waals surface area contributed by atoms with Gasteiger partial charge in [0.25, 0.3) is 0 Å². The van der Waals surface area contributed by atoms with Crippen molar-refractivity contribution >= 4 is 28.2 Å². The summed E-state index contributed by atoms with van der Waals surface area (Å²) >= 11 is 1.52. The number of hydrogen-bond acceptors (Lipinski definition) is 4. The predicted octanol–water partition coefficient (Wildman–Crippen LogP) is 3.21. The van der Waals surface area contributed by atoms with E-state index in [-0.39, 0.29) is 12.4 Å². The van der Waals surface area contributed by atoms with E-state index in [1.807, 2.05) is 47.9 Å². The van der Waals surface area contributed by atoms with Crippen molar-refractivity contribution in [3.63, 3.8) is 0 Å². The molecule has 114 valence electrons. The Labute approximate surface area is 133 Å². The van der Waals surface area contributed by atoms with E-state index in [1.54, 1.807) is 0 Å². The maximum absolute atomic E-state index is 12.5. The molecule has 1 N–H and O–H groups in total. The van der Waals surface area contributed by atoms with Crippen LogP contribution in [0, 0.1) is 6.92 Å². The number of fused-ring (bicyclic) bond motifs is 1. The number of aryl methyl sites for hydroxylation is 2. The molecule has 0 aliphatic rings. The van der Waals surface area contributed by atoms with Gasteiger partial charge in [-0.15, -0.1) is 11.3 Å². The number of carbonyl (C=O) groups excluding carboxylic acids is 1. The van der Waals surface area contributed by atoms with Crippen molar-refractivity contribution in [2.75, 3.05) is 6.61 Å². The molecule has 0 amide bonds. The molecular weight excluding hydrogens is 296 g/mol. The van der Waals surface area contributed by atoms with E-state index in [2.05, 4.69) is 4.98 Å². The fraction of sp³-hybridized carbons (Fsp3) is 0.294. The van der Waals surface area contributed by atoms with Crippen LogP contribution in [0.1, 0.15) is 26.8 Å². The smallest absolute Gasteiger partial charge is 0.192 e. The first-order valence-corrected chi connectivity index (χ1v) is 8.15. The predicted molar refractivity (Wildman–Crippen MR) is 88.5 cm³/mol. The quantitative estimate of drug-likeness (QED) is 0.711. The molecule has 4 nitrogen and oxygen atoms in total. The summed E-state index contributed by atoms with van der Waals surface area (Å²) in [6, 6.07) is 11.7. The van der Waals surface area contributed by atoms with Gasteiger partial charge in [-0.05, 0) is 37.6 Å². The van der Waals surface area contributed by atoms with Gasteiger partial charge in [-0.25, -0.2) is 4.98 Å². The fourth-order valence-electron chi connectivity index (χ4n) is 2.54. The van der Waals surface area contributed by atoms with E-state index < -0.39 is 0 Å². The standard InChI is InChI=1S/C17H18N2O2S/c1-12-8-9-16(22-12)15(21)11-19-14-6-3-2-5-13(14)18-17(19)7-4-10-20/h2-3,5-6,8-9,20H,4,7,10-11H2,1H3. The van der Waals surface area contributed by atoms with E-state index in [0.29, 0.717) is 19.4 Å². The first-order chi connectivity index (χ1) is 10.7. The monoisotopic (exact) mass is 314 g/mol. The summed E-state index contributed by atoms with van der Waals surface area (Å²) in [6.45, 7) is 2.42. The number of aliphatic hydroxyl groups excluding tert-OH is 1. The third-order valence-electron chi connectivity index (χ3n) is 3.61. The molecule has 0 atom stereocenters. The zero-order valence-electron chi connectivity index (χ0n) is 12.5. The molecule has 0 fully saturated rings. The Kier molecular flexibility index (Phi) is 4.36. The van der Waals surface area contributed by atoms with Gasteiger partial charge < -0.3 is 9.67 Å². The Morgan fingerprint density at radius 1 is 1.27 bits per heavy atom. The molecule has 0 spiro atoms. The molecule has 5 heteroatoms. The number of hydrogen-bond donors (Lipinski definition) is 1. The van der Waals surface area contributed by atoms with Crippen LogP contribution in [0.5, 0.6) is 0 Å². The number of para-hydroxylation sites is 2. The van der Waals surface area contributed by atoms with Crippen LogP contribution in [0.15, 0.2) is 36.4 Å². The molecule has 1 aromatic carbocycles. The fourth-order valence-corrected chi connectivity index (χ4v) is 3.33. The Hall–Kier alpha value is -1.98.